The summed E-state index contributed by atoms with van der Waals surface area (Å²) >= 11 is 1.25. The lowest BCUT2D eigenvalue weighted by Crippen LogP contribution is -2.60. The second-order valence-corrected chi connectivity index (χ2v) is 35.2. The molecule has 648 valence electrons. The number of imide groups is 1. The summed E-state index contributed by atoms with van der Waals surface area (Å²) in [6, 6.07) is 51.6. The molecule has 122 heavy (non-hydrogen) atoms. The maximum Gasteiger partial charge on any atom is 0.412 e. The van der Waals surface area contributed by atoms with E-state index in [1.54, 1.807) is 100 Å². The molecule has 0 aliphatic carbocycles. The number of amides is 10. The molecule has 0 radical (unpaired) electrons. The number of carbonyl (C=O) groups is 12. The number of ether oxygens (including phenoxy) is 5. The fraction of sp³-hybridized carbons (Fsp3) is 0.419. The first-order valence-corrected chi connectivity index (χ1v) is 41.9. The summed E-state index contributed by atoms with van der Waals surface area (Å²) in [5.74, 6) is -11.3. The number of anilines is 1. The quantitative estimate of drug-likeness (QED) is 0.0107. The second-order valence-electron chi connectivity index (χ2n) is 34.0. The zero-order chi connectivity index (χ0) is 88.7. The lowest BCUT2D eigenvalue weighted by molar-refractivity contribution is -0.168. The SMILES string of the molecule is CC[C@H](C)[C@H](NC(=O)NC(=O)C1CC2(O)c3ccccc3NC2N1C(=O)OC(C)(C)C)C(=O)NCC(=O)NC(CSC(c1ccccc1)(c1ccccc1)c1ccccc1)C(=O)NC(CC(=O)NC(c1ccccc1)(c1ccccc1)c1ccccc1)C(=O)N1CC(OC(C)(C)C)C[C@H]1C(=O)N[C@H](C(=O)OC(C)(C)C)[C@@H](C)[C@H](COC(C)=O)OC(C)=O. The van der Waals surface area contributed by atoms with Crippen molar-refractivity contribution in [3.63, 3.8) is 0 Å². The van der Waals surface area contributed by atoms with E-state index >= 15 is 24.0 Å². The van der Waals surface area contributed by atoms with E-state index in [4.69, 9.17) is 23.7 Å². The molecule has 28 nitrogen and oxygen atoms in total. The Hall–Kier alpha value is -12.0. The van der Waals surface area contributed by atoms with Crippen molar-refractivity contribution in [3.05, 3.63) is 245 Å². The van der Waals surface area contributed by atoms with Crippen LogP contribution in [0.15, 0.2) is 206 Å². The first kappa shape index (κ1) is 92.3. The minimum atomic E-state index is -1.94. The molecule has 3 heterocycles. The fourth-order valence-corrected chi connectivity index (χ4v) is 17.3. The number of hydrogen-bond acceptors (Lipinski definition) is 20. The smallest absolute Gasteiger partial charge is 0.412 e. The van der Waals surface area contributed by atoms with Gasteiger partial charge >= 0.3 is 30.0 Å². The van der Waals surface area contributed by atoms with Gasteiger partial charge in [0, 0.05) is 56.2 Å². The molecular weight excluding hydrogens is 1580 g/mol. The van der Waals surface area contributed by atoms with Crippen LogP contribution in [0.1, 0.15) is 162 Å². The van der Waals surface area contributed by atoms with Crippen molar-refractivity contribution in [1.29, 1.82) is 0 Å². The maximum absolute atomic E-state index is 16.6. The van der Waals surface area contributed by atoms with E-state index < -0.39 is 190 Å². The van der Waals surface area contributed by atoms with Crippen LogP contribution < -0.4 is 42.5 Å². The van der Waals surface area contributed by atoms with Gasteiger partial charge in [0.1, 0.15) is 77.5 Å². The fourth-order valence-electron chi connectivity index (χ4n) is 15.7. The molecule has 6 unspecified atom stereocenters. The van der Waals surface area contributed by atoms with Crippen LogP contribution in [0.3, 0.4) is 0 Å². The standard InChI is InChI=1S/C93H112N10O18S/c1-15-57(2)77(99-86(114)100-81(110)73-52-91(116)68-48-34-35-49-69(68)97-85(91)103(73)87(115)121-90(12,13)14)82(111)94-53-76(107)95-71(56-122-93(64-42-28-19-29-43-64,65-44-30-20-31-45-65)66-46-32-21-33-47-66)79(108)96-70(51-75(106)101-92(61-36-22-16-23-37-61,62-38-24-17-25-39-62)63-40-26-18-27-41-63)83(112)102-54-67(119-88(6,7)8)50-72(102)80(109)98-78(84(113)120-89(9,10)11)58(3)74(118-60(5)105)55-117-59(4)104/h16-49,57-58,67,70-74,77-78,85,97,116H,15,50-56H2,1-14H3,(H,94,111)(H,95,107)(H,96,108)(H,98,109)(H,101,106)(H2,99,100,110,114)/t57-,58-,67?,70?,71?,72-,73?,74-,77-,78-,85?,91?/m0/s1. The molecule has 9 N–H and O–H groups in total. The Morgan fingerprint density at radius 2 is 1.06 bits per heavy atom. The molecule has 0 saturated carbocycles. The number of likely N-dealkylation sites (tertiary alicyclic amines) is 2. The number of carbonyl (C=O) groups excluding carboxylic acids is 12. The van der Waals surface area contributed by atoms with E-state index in [1.165, 1.54) is 18.7 Å². The molecule has 3 aliphatic rings. The highest BCUT2D eigenvalue weighted by Gasteiger charge is 2.61. The molecule has 10 rings (SSSR count). The van der Waals surface area contributed by atoms with Crippen LogP contribution in [0.2, 0.25) is 0 Å². The van der Waals surface area contributed by atoms with E-state index in [2.05, 4.69) is 42.5 Å². The van der Waals surface area contributed by atoms with Crippen molar-refractivity contribution in [1.82, 2.24) is 47.0 Å². The Morgan fingerprint density at radius 1 is 0.557 bits per heavy atom. The first-order chi connectivity index (χ1) is 57.7. The number of benzene rings is 7. The minimum Gasteiger partial charge on any atom is -0.462 e. The van der Waals surface area contributed by atoms with E-state index in [9.17, 15) is 38.7 Å². The molecule has 0 bridgehead atoms. The highest BCUT2D eigenvalue weighted by molar-refractivity contribution is 8.00. The number of thioether (sulfide) groups is 1. The molecule has 12 atom stereocenters. The number of aliphatic hydroxyl groups is 1. The van der Waals surface area contributed by atoms with Crippen LogP contribution >= 0.6 is 11.8 Å². The number of hydrogen-bond donors (Lipinski definition) is 9. The van der Waals surface area contributed by atoms with Gasteiger partial charge in [0.2, 0.25) is 35.4 Å². The summed E-state index contributed by atoms with van der Waals surface area (Å²) in [6.45, 7) is 20.5. The molecule has 7 aromatic carbocycles. The summed E-state index contributed by atoms with van der Waals surface area (Å²) < 4.78 is 27.9. The Balaban J connectivity index is 1.03. The van der Waals surface area contributed by atoms with Crippen molar-refractivity contribution in [2.75, 3.05) is 30.8 Å². The minimum absolute atomic E-state index is 0.219. The maximum atomic E-state index is 16.6. The number of rotatable bonds is 32. The number of fused-ring (bicyclic) bond motifs is 3. The number of para-hydroxylation sites is 1. The van der Waals surface area contributed by atoms with Crippen LogP contribution in [-0.2, 0) is 87.5 Å². The Kier molecular flexibility index (Phi) is 30.1. The van der Waals surface area contributed by atoms with E-state index in [-0.39, 0.29) is 31.6 Å². The Labute approximate surface area is 716 Å². The third-order valence-electron chi connectivity index (χ3n) is 21.4. The predicted molar refractivity (Wildman–Crippen MR) is 459 cm³/mol. The van der Waals surface area contributed by atoms with Crippen molar-refractivity contribution in [2.24, 2.45) is 11.8 Å². The summed E-state index contributed by atoms with van der Waals surface area (Å²) in [4.78, 5) is 179. The number of esters is 3. The monoisotopic (exact) mass is 1690 g/mol. The summed E-state index contributed by atoms with van der Waals surface area (Å²) in [5, 5.41) is 34.7. The van der Waals surface area contributed by atoms with Crippen LogP contribution in [0.5, 0.6) is 0 Å². The zero-order valence-corrected chi connectivity index (χ0v) is 72.1. The second kappa shape index (κ2) is 39.7. The van der Waals surface area contributed by atoms with Crippen molar-refractivity contribution < 1.29 is 86.3 Å². The largest absolute Gasteiger partial charge is 0.462 e. The molecule has 3 aliphatic heterocycles. The third-order valence-corrected chi connectivity index (χ3v) is 23.1. The van der Waals surface area contributed by atoms with Gasteiger partial charge in [-0.15, -0.1) is 11.8 Å². The molecule has 0 spiro atoms. The third kappa shape index (κ3) is 22.6. The van der Waals surface area contributed by atoms with Crippen LogP contribution in [0, 0.1) is 11.8 Å². The first-order valence-electron chi connectivity index (χ1n) is 40.9. The zero-order valence-electron chi connectivity index (χ0n) is 71.3. The predicted octanol–water partition coefficient (Wildman–Crippen LogP) is 9.93. The van der Waals surface area contributed by atoms with E-state index in [0.717, 1.165) is 40.3 Å². The number of nitrogens with one attached hydrogen (secondary N) is 8. The molecule has 0 aromatic heterocycles. The topological polar surface area (TPSA) is 374 Å². The molecule has 29 heteroatoms. The lowest BCUT2D eigenvalue weighted by atomic mass is 9.77. The van der Waals surface area contributed by atoms with Gasteiger partial charge in [-0.1, -0.05) is 227 Å². The summed E-state index contributed by atoms with van der Waals surface area (Å²) in [7, 11) is 0. The Morgan fingerprint density at radius 3 is 1.54 bits per heavy atom. The number of urea groups is 1. The van der Waals surface area contributed by atoms with Gasteiger partial charge < -0.3 is 70.9 Å². The molecule has 10 amide bonds. The van der Waals surface area contributed by atoms with Crippen LogP contribution in [-0.4, -0.2) is 183 Å². The van der Waals surface area contributed by atoms with Gasteiger partial charge in [-0.3, -0.25) is 53.4 Å². The van der Waals surface area contributed by atoms with Crippen LogP contribution in [0.4, 0.5) is 15.3 Å². The van der Waals surface area contributed by atoms with Gasteiger partial charge in [0.15, 0.2) is 0 Å². The van der Waals surface area contributed by atoms with Gasteiger partial charge in [-0.05, 0) is 108 Å². The van der Waals surface area contributed by atoms with Crippen molar-refractivity contribution in [2.45, 2.75) is 210 Å². The lowest BCUT2D eigenvalue weighted by Gasteiger charge is -2.38. The average Bonchev–Trinajstić information content (AvgIpc) is 1.55. The normalized spacial score (nSPS) is 18.6. The molecular formula is C93H112N10O18S. The van der Waals surface area contributed by atoms with Gasteiger partial charge in [-0.2, -0.15) is 0 Å². The van der Waals surface area contributed by atoms with Gasteiger partial charge in [0.05, 0.1) is 29.4 Å². The average molecular weight is 1690 g/mol. The summed E-state index contributed by atoms with van der Waals surface area (Å²) in [5.41, 5.74) is -1.39. The Bertz CT molecular complexity index is 4670. The van der Waals surface area contributed by atoms with E-state index in [0.29, 0.717) is 27.9 Å². The molecule has 7 aromatic rings. The van der Waals surface area contributed by atoms with Gasteiger partial charge in [-0.25, -0.2) is 14.4 Å². The molecule has 2 fully saturated rings. The van der Waals surface area contributed by atoms with Crippen LogP contribution in [0.25, 0.3) is 0 Å². The van der Waals surface area contributed by atoms with Crippen molar-refractivity contribution in [3.8, 4) is 0 Å². The van der Waals surface area contributed by atoms with E-state index in [1.807, 2.05) is 182 Å². The number of nitrogens with zero attached hydrogens (tertiary/aromatic N) is 2. The highest BCUT2D eigenvalue weighted by atomic mass is 32.2. The highest BCUT2D eigenvalue weighted by Crippen LogP contribution is 2.51. The van der Waals surface area contributed by atoms with Crippen molar-refractivity contribution >= 4 is 88.8 Å². The summed E-state index contributed by atoms with van der Waals surface area (Å²) in [6.07, 6.45) is -5.54. The molecule has 2 saturated heterocycles. The van der Waals surface area contributed by atoms with Gasteiger partial charge in [0.25, 0.3) is 5.91 Å².